The highest BCUT2D eigenvalue weighted by Gasteiger charge is 2.05. The molecule has 0 radical (unpaired) electrons. The van der Waals surface area contributed by atoms with E-state index in [0.717, 1.165) is 10.0 Å². The lowest BCUT2D eigenvalue weighted by molar-refractivity contribution is -0.123. The van der Waals surface area contributed by atoms with Crippen molar-refractivity contribution >= 4 is 33.4 Å². The molecule has 1 aromatic carbocycles. The largest absolute Gasteiger partial charge is 0.346 e. The summed E-state index contributed by atoms with van der Waals surface area (Å²) in [5.41, 5.74) is 1.75. The quantitative estimate of drug-likeness (QED) is 0.760. The molecular weight excluding hydrogens is 298 g/mol. The van der Waals surface area contributed by atoms with Crippen molar-refractivity contribution in [2.75, 3.05) is 25.5 Å². The van der Waals surface area contributed by atoms with Crippen molar-refractivity contribution in [1.29, 1.82) is 0 Å². The van der Waals surface area contributed by atoms with E-state index in [2.05, 4.69) is 31.9 Å². The summed E-state index contributed by atoms with van der Waals surface area (Å²) in [4.78, 5) is 22.7. The predicted octanol–water partition coefficient (Wildman–Crippen LogP) is 1.03. The summed E-state index contributed by atoms with van der Waals surface area (Å²) in [7, 11) is 1.67. The van der Waals surface area contributed by atoms with Gasteiger partial charge >= 0.3 is 0 Å². The van der Waals surface area contributed by atoms with Gasteiger partial charge in [-0.25, -0.2) is 0 Å². The maximum atomic E-state index is 11.6. The number of hydrogen-bond acceptors (Lipinski definition) is 3. The van der Waals surface area contributed by atoms with Crippen LogP contribution in [0.3, 0.4) is 0 Å². The van der Waals surface area contributed by atoms with Crippen molar-refractivity contribution in [2.24, 2.45) is 0 Å². The van der Waals surface area contributed by atoms with Gasteiger partial charge in [0.25, 0.3) is 0 Å². The first-order valence-corrected chi connectivity index (χ1v) is 6.29. The van der Waals surface area contributed by atoms with E-state index >= 15 is 0 Å². The van der Waals surface area contributed by atoms with Crippen LogP contribution in [0.1, 0.15) is 5.56 Å². The molecule has 0 heterocycles. The Hall–Kier alpha value is -1.40. The Labute approximate surface area is 114 Å². The van der Waals surface area contributed by atoms with Gasteiger partial charge in [-0.1, -0.05) is 15.9 Å². The minimum Gasteiger partial charge on any atom is -0.346 e. The molecule has 2 amide bonds. The fourth-order valence-electron chi connectivity index (χ4n) is 1.33. The number of likely N-dealkylation sites (N-methyl/N-ethyl adjacent to an activating group) is 1. The first kappa shape index (κ1) is 14.7. The van der Waals surface area contributed by atoms with Gasteiger partial charge in [-0.3, -0.25) is 9.59 Å². The van der Waals surface area contributed by atoms with Crippen LogP contribution in [0.4, 0.5) is 5.69 Å². The molecule has 0 fully saturated rings. The highest BCUT2D eigenvalue weighted by molar-refractivity contribution is 9.10. The van der Waals surface area contributed by atoms with Crippen molar-refractivity contribution in [2.45, 2.75) is 6.92 Å². The number of amides is 2. The maximum absolute atomic E-state index is 11.6. The Morgan fingerprint density at radius 3 is 2.56 bits per heavy atom. The molecule has 1 aromatic rings. The molecule has 0 unspecified atom stereocenters. The van der Waals surface area contributed by atoms with Gasteiger partial charge < -0.3 is 16.0 Å². The maximum Gasteiger partial charge on any atom is 0.243 e. The Bertz CT molecular complexity index is 449. The molecule has 98 valence electrons. The smallest absolute Gasteiger partial charge is 0.243 e. The molecule has 0 aliphatic heterocycles. The molecule has 0 aromatic heterocycles. The number of halogens is 1. The van der Waals surface area contributed by atoms with Crippen LogP contribution in [0.15, 0.2) is 22.7 Å². The normalized spacial score (nSPS) is 9.94. The minimum absolute atomic E-state index is 0.0321. The summed E-state index contributed by atoms with van der Waals surface area (Å²) in [6.07, 6.45) is 0. The number of nitrogens with one attached hydrogen (secondary N) is 3. The fraction of sp³-hybridized carbons (Fsp3) is 0.333. The molecule has 0 spiro atoms. The summed E-state index contributed by atoms with van der Waals surface area (Å²) >= 11 is 3.39. The van der Waals surface area contributed by atoms with E-state index in [1.807, 2.05) is 19.1 Å². The lowest BCUT2D eigenvalue weighted by Crippen LogP contribution is -2.37. The van der Waals surface area contributed by atoms with E-state index in [1.165, 1.54) is 0 Å². The van der Waals surface area contributed by atoms with Crippen molar-refractivity contribution < 1.29 is 9.59 Å². The van der Waals surface area contributed by atoms with Gasteiger partial charge in [0.05, 0.1) is 13.1 Å². The number of anilines is 1. The SMILES string of the molecule is CNCC(=O)NCC(=O)Nc1ccc(Br)c(C)c1. The van der Waals surface area contributed by atoms with Crippen LogP contribution in [0.2, 0.25) is 0 Å². The zero-order valence-corrected chi connectivity index (χ0v) is 11.9. The first-order valence-electron chi connectivity index (χ1n) is 5.50. The van der Waals surface area contributed by atoms with Gasteiger partial charge in [-0.05, 0) is 37.7 Å². The Morgan fingerprint density at radius 1 is 1.22 bits per heavy atom. The molecular formula is C12H16BrN3O2. The van der Waals surface area contributed by atoms with Gasteiger partial charge in [0.15, 0.2) is 0 Å². The average molecular weight is 314 g/mol. The van der Waals surface area contributed by atoms with Gasteiger partial charge in [-0.2, -0.15) is 0 Å². The molecule has 5 nitrogen and oxygen atoms in total. The molecule has 0 atom stereocenters. The standard InChI is InChI=1S/C12H16BrN3O2/c1-8-5-9(3-4-10(8)13)16-12(18)7-15-11(17)6-14-2/h3-5,14H,6-7H2,1-2H3,(H,15,17)(H,16,18). The zero-order chi connectivity index (χ0) is 13.5. The van der Waals surface area contributed by atoms with Gasteiger partial charge in [0, 0.05) is 10.2 Å². The monoisotopic (exact) mass is 313 g/mol. The molecule has 0 bridgehead atoms. The van der Waals surface area contributed by atoms with E-state index < -0.39 is 0 Å². The van der Waals surface area contributed by atoms with Gasteiger partial charge in [-0.15, -0.1) is 0 Å². The van der Waals surface area contributed by atoms with Crippen molar-refractivity contribution in [3.05, 3.63) is 28.2 Å². The molecule has 6 heteroatoms. The summed E-state index contributed by atoms with van der Waals surface area (Å²) in [6, 6.07) is 5.52. The highest BCUT2D eigenvalue weighted by atomic mass is 79.9. The lowest BCUT2D eigenvalue weighted by atomic mass is 10.2. The van der Waals surface area contributed by atoms with E-state index in [0.29, 0.717) is 5.69 Å². The molecule has 0 saturated carbocycles. The molecule has 0 aliphatic carbocycles. The Balaban J connectivity index is 2.44. The van der Waals surface area contributed by atoms with Crippen molar-refractivity contribution in [1.82, 2.24) is 10.6 Å². The van der Waals surface area contributed by atoms with E-state index in [-0.39, 0.29) is 24.9 Å². The third-order valence-corrected chi connectivity index (χ3v) is 3.11. The minimum atomic E-state index is -0.249. The van der Waals surface area contributed by atoms with Crippen LogP contribution in [-0.4, -0.2) is 32.0 Å². The van der Waals surface area contributed by atoms with Crippen LogP contribution in [0.25, 0.3) is 0 Å². The van der Waals surface area contributed by atoms with Crippen molar-refractivity contribution in [3.8, 4) is 0 Å². The second-order valence-electron chi connectivity index (χ2n) is 3.82. The van der Waals surface area contributed by atoms with Crippen molar-refractivity contribution in [3.63, 3.8) is 0 Å². The Kier molecular flexibility index (Phi) is 5.80. The molecule has 0 saturated heterocycles. The molecule has 18 heavy (non-hydrogen) atoms. The van der Waals surface area contributed by atoms with Gasteiger partial charge in [0.2, 0.25) is 11.8 Å². The topological polar surface area (TPSA) is 70.2 Å². The summed E-state index contributed by atoms with van der Waals surface area (Å²) in [5, 5.41) is 7.93. The molecule has 3 N–H and O–H groups in total. The first-order chi connectivity index (χ1) is 8.52. The fourth-order valence-corrected chi connectivity index (χ4v) is 1.58. The number of carbonyl (C=O) groups excluding carboxylic acids is 2. The van der Waals surface area contributed by atoms with Crippen LogP contribution in [0.5, 0.6) is 0 Å². The Morgan fingerprint density at radius 2 is 1.94 bits per heavy atom. The number of hydrogen-bond donors (Lipinski definition) is 3. The summed E-state index contributed by atoms with van der Waals surface area (Å²) in [6.45, 7) is 2.11. The van der Waals surface area contributed by atoms with E-state index in [4.69, 9.17) is 0 Å². The second kappa shape index (κ2) is 7.13. The highest BCUT2D eigenvalue weighted by Crippen LogP contribution is 2.19. The molecule has 0 aliphatic rings. The number of benzene rings is 1. The zero-order valence-electron chi connectivity index (χ0n) is 10.3. The second-order valence-corrected chi connectivity index (χ2v) is 4.67. The van der Waals surface area contributed by atoms with Gasteiger partial charge in [0.1, 0.15) is 0 Å². The van der Waals surface area contributed by atoms with E-state index in [1.54, 1.807) is 13.1 Å². The summed E-state index contributed by atoms with van der Waals surface area (Å²) in [5.74, 6) is -0.458. The van der Waals surface area contributed by atoms with Crippen LogP contribution >= 0.6 is 15.9 Å². The average Bonchev–Trinajstić information content (AvgIpc) is 2.32. The molecule has 1 rings (SSSR count). The van der Waals surface area contributed by atoms with Crippen LogP contribution in [-0.2, 0) is 9.59 Å². The van der Waals surface area contributed by atoms with Crippen LogP contribution < -0.4 is 16.0 Å². The third-order valence-electron chi connectivity index (χ3n) is 2.23. The third kappa shape index (κ3) is 4.85. The number of aryl methyl sites for hydroxylation is 1. The summed E-state index contributed by atoms with van der Waals surface area (Å²) < 4.78 is 0.989. The van der Waals surface area contributed by atoms with Crippen LogP contribution in [0, 0.1) is 6.92 Å². The predicted molar refractivity (Wildman–Crippen MR) is 74.4 cm³/mol. The number of carbonyl (C=O) groups is 2. The lowest BCUT2D eigenvalue weighted by Gasteiger charge is -2.08. The number of rotatable bonds is 5. The van der Waals surface area contributed by atoms with E-state index in [9.17, 15) is 9.59 Å².